The lowest BCUT2D eigenvalue weighted by atomic mass is 10.1. The van der Waals surface area contributed by atoms with Gasteiger partial charge < -0.3 is 15.4 Å². The van der Waals surface area contributed by atoms with Gasteiger partial charge in [0.15, 0.2) is 5.96 Å². The molecule has 0 amide bonds. The molecule has 0 bridgehead atoms. The molecule has 0 saturated carbocycles. The summed E-state index contributed by atoms with van der Waals surface area (Å²) in [4.78, 5) is 15.3. The molecule has 0 aliphatic rings. The van der Waals surface area contributed by atoms with Crippen LogP contribution >= 0.6 is 24.0 Å². The standard InChI is InChI=1S/C12H25N3O2.HI/c1-6-13-12(15-10(4)9(2)3)14-8-7-11(16)17-5;/h9-10H,6-8H2,1-5H3,(H2,13,14,15);1H. The Morgan fingerprint density at radius 1 is 1.33 bits per heavy atom. The van der Waals surface area contributed by atoms with Crippen LogP contribution in [0.3, 0.4) is 0 Å². The molecule has 0 fully saturated rings. The molecule has 0 aliphatic heterocycles. The van der Waals surface area contributed by atoms with Crippen molar-refractivity contribution in [1.29, 1.82) is 0 Å². The van der Waals surface area contributed by atoms with Gasteiger partial charge >= 0.3 is 5.97 Å². The first-order valence-corrected chi connectivity index (χ1v) is 6.12. The van der Waals surface area contributed by atoms with Crippen molar-refractivity contribution in [1.82, 2.24) is 10.6 Å². The molecule has 2 N–H and O–H groups in total. The van der Waals surface area contributed by atoms with E-state index in [0.29, 0.717) is 24.9 Å². The summed E-state index contributed by atoms with van der Waals surface area (Å²) < 4.78 is 4.56. The molecular formula is C12H26IN3O2. The molecule has 5 nitrogen and oxygen atoms in total. The number of ether oxygens (including phenoxy) is 1. The summed E-state index contributed by atoms with van der Waals surface area (Å²) in [5, 5.41) is 6.44. The Morgan fingerprint density at radius 2 is 1.94 bits per heavy atom. The fourth-order valence-corrected chi connectivity index (χ4v) is 1.06. The van der Waals surface area contributed by atoms with E-state index in [9.17, 15) is 4.79 Å². The van der Waals surface area contributed by atoms with Crippen LogP contribution in [0.25, 0.3) is 0 Å². The number of nitrogens with one attached hydrogen (secondary N) is 2. The molecule has 0 radical (unpaired) electrons. The van der Waals surface area contributed by atoms with Gasteiger partial charge in [0.2, 0.25) is 0 Å². The van der Waals surface area contributed by atoms with Gasteiger partial charge in [0.25, 0.3) is 0 Å². The summed E-state index contributed by atoms with van der Waals surface area (Å²) in [5.74, 6) is 1.04. The van der Waals surface area contributed by atoms with Crippen molar-refractivity contribution in [3.63, 3.8) is 0 Å². The third-order valence-corrected chi connectivity index (χ3v) is 2.52. The second-order valence-electron chi connectivity index (χ2n) is 4.26. The van der Waals surface area contributed by atoms with Crippen molar-refractivity contribution in [3.05, 3.63) is 0 Å². The number of aliphatic imine (C=N–C) groups is 1. The molecule has 0 aromatic carbocycles. The van der Waals surface area contributed by atoms with Gasteiger partial charge in [-0.1, -0.05) is 13.8 Å². The maximum absolute atomic E-state index is 10.9. The SMILES string of the molecule is CCNC(=NCCC(=O)OC)NC(C)C(C)C.I. The summed E-state index contributed by atoms with van der Waals surface area (Å²) in [6.45, 7) is 9.66. The molecule has 108 valence electrons. The highest BCUT2D eigenvalue weighted by Crippen LogP contribution is 1.99. The van der Waals surface area contributed by atoms with Crippen LogP contribution in [0.1, 0.15) is 34.1 Å². The Kier molecular flexibility index (Phi) is 12.7. The third kappa shape index (κ3) is 9.49. The highest BCUT2D eigenvalue weighted by Gasteiger charge is 2.08. The van der Waals surface area contributed by atoms with Crippen LogP contribution in [0, 0.1) is 5.92 Å². The molecule has 0 rings (SSSR count). The molecule has 1 atom stereocenters. The van der Waals surface area contributed by atoms with Crippen molar-refractivity contribution < 1.29 is 9.53 Å². The van der Waals surface area contributed by atoms with Crippen molar-refractivity contribution in [3.8, 4) is 0 Å². The van der Waals surface area contributed by atoms with Crippen molar-refractivity contribution in [2.75, 3.05) is 20.2 Å². The monoisotopic (exact) mass is 371 g/mol. The molecule has 0 spiro atoms. The molecule has 6 heteroatoms. The van der Waals surface area contributed by atoms with Gasteiger partial charge in [-0.15, -0.1) is 24.0 Å². The number of carbonyl (C=O) groups is 1. The van der Waals surface area contributed by atoms with Crippen LogP contribution in [0.5, 0.6) is 0 Å². The van der Waals surface area contributed by atoms with Gasteiger partial charge in [0.1, 0.15) is 0 Å². The Morgan fingerprint density at radius 3 is 2.39 bits per heavy atom. The molecule has 0 aliphatic carbocycles. The Labute approximate surface area is 127 Å². The number of halogens is 1. The maximum atomic E-state index is 10.9. The average Bonchev–Trinajstić information content (AvgIpc) is 2.28. The minimum atomic E-state index is -0.235. The molecule has 0 aromatic rings. The maximum Gasteiger partial charge on any atom is 0.307 e. The Balaban J connectivity index is 0. The second-order valence-corrected chi connectivity index (χ2v) is 4.26. The lowest BCUT2D eigenvalue weighted by Crippen LogP contribution is -2.44. The largest absolute Gasteiger partial charge is 0.469 e. The van der Waals surface area contributed by atoms with E-state index in [0.717, 1.165) is 12.5 Å². The molecule has 1 unspecified atom stereocenters. The Hall–Kier alpha value is -0.530. The molecule has 18 heavy (non-hydrogen) atoms. The first-order valence-electron chi connectivity index (χ1n) is 6.12. The fraction of sp³-hybridized carbons (Fsp3) is 0.833. The van der Waals surface area contributed by atoms with Crippen LogP contribution < -0.4 is 10.6 Å². The quantitative estimate of drug-likeness (QED) is 0.323. The van der Waals surface area contributed by atoms with E-state index >= 15 is 0 Å². The second kappa shape index (κ2) is 11.6. The predicted molar refractivity (Wildman–Crippen MR) is 85.5 cm³/mol. The number of guanidine groups is 1. The number of carbonyl (C=O) groups excluding carboxylic acids is 1. The fourth-order valence-electron chi connectivity index (χ4n) is 1.06. The number of nitrogens with zero attached hydrogens (tertiary/aromatic N) is 1. The smallest absolute Gasteiger partial charge is 0.307 e. The number of hydrogen-bond acceptors (Lipinski definition) is 3. The minimum absolute atomic E-state index is 0. The zero-order chi connectivity index (χ0) is 13.3. The topological polar surface area (TPSA) is 62.7 Å². The normalized spacial score (nSPS) is 12.7. The highest BCUT2D eigenvalue weighted by molar-refractivity contribution is 14.0. The van der Waals surface area contributed by atoms with Crippen molar-refractivity contribution in [2.45, 2.75) is 40.2 Å². The summed E-state index contributed by atoms with van der Waals surface area (Å²) in [6.07, 6.45) is 0.309. The van der Waals surface area contributed by atoms with Crippen LogP contribution in [0.2, 0.25) is 0 Å². The van der Waals surface area contributed by atoms with Crippen LogP contribution in [-0.2, 0) is 9.53 Å². The summed E-state index contributed by atoms with van der Waals surface area (Å²) in [5.41, 5.74) is 0. The summed E-state index contributed by atoms with van der Waals surface area (Å²) in [6, 6.07) is 0.339. The van der Waals surface area contributed by atoms with Crippen LogP contribution in [0.4, 0.5) is 0 Å². The van der Waals surface area contributed by atoms with Gasteiger partial charge in [-0.05, 0) is 19.8 Å². The molecule has 0 heterocycles. The highest BCUT2D eigenvalue weighted by atomic mass is 127. The van der Waals surface area contributed by atoms with Crippen molar-refractivity contribution in [2.24, 2.45) is 10.9 Å². The van der Waals surface area contributed by atoms with E-state index in [2.05, 4.69) is 41.1 Å². The number of esters is 1. The van der Waals surface area contributed by atoms with Crippen LogP contribution in [-0.4, -0.2) is 38.2 Å². The minimum Gasteiger partial charge on any atom is -0.469 e. The van der Waals surface area contributed by atoms with Gasteiger partial charge in [0.05, 0.1) is 20.1 Å². The average molecular weight is 371 g/mol. The molecule has 0 saturated heterocycles. The van der Waals surface area contributed by atoms with E-state index < -0.39 is 0 Å². The lowest BCUT2D eigenvalue weighted by molar-refractivity contribution is -0.140. The van der Waals surface area contributed by atoms with E-state index in [-0.39, 0.29) is 29.9 Å². The van der Waals surface area contributed by atoms with E-state index in [1.807, 2.05) is 6.92 Å². The number of rotatable bonds is 6. The zero-order valence-corrected chi connectivity index (χ0v) is 14.3. The van der Waals surface area contributed by atoms with E-state index in [1.54, 1.807) is 0 Å². The first-order chi connectivity index (χ1) is 8.01. The number of hydrogen-bond donors (Lipinski definition) is 2. The number of methoxy groups -OCH3 is 1. The predicted octanol–water partition coefficient (Wildman–Crippen LogP) is 1.77. The van der Waals surface area contributed by atoms with Gasteiger partial charge in [-0.2, -0.15) is 0 Å². The first kappa shape index (κ1) is 19.8. The van der Waals surface area contributed by atoms with Crippen molar-refractivity contribution >= 4 is 35.9 Å². The van der Waals surface area contributed by atoms with Gasteiger partial charge in [-0.3, -0.25) is 9.79 Å². The van der Waals surface area contributed by atoms with E-state index in [4.69, 9.17) is 0 Å². The van der Waals surface area contributed by atoms with E-state index in [1.165, 1.54) is 7.11 Å². The Bertz CT molecular complexity index is 258. The third-order valence-electron chi connectivity index (χ3n) is 2.52. The van der Waals surface area contributed by atoms with Gasteiger partial charge in [-0.25, -0.2) is 0 Å². The molecular weight excluding hydrogens is 345 g/mol. The van der Waals surface area contributed by atoms with Gasteiger partial charge in [0, 0.05) is 12.6 Å². The summed E-state index contributed by atoms with van der Waals surface area (Å²) >= 11 is 0. The summed E-state index contributed by atoms with van der Waals surface area (Å²) in [7, 11) is 1.39. The molecule has 0 aromatic heterocycles. The zero-order valence-electron chi connectivity index (χ0n) is 11.9. The lowest BCUT2D eigenvalue weighted by Gasteiger charge is -2.20. The van der Waals surface area contributed by atoms with Crippen LogP contribution in [0.15, 0.2) is 4.99 Å².